The zero-order chi connectivity index (χ0) is 60.7. The minimum absolute atomic E-state index is 0.0314. The summed E-state index contributed by atoms with van der Waals surface area (Å²) in [6.45, 7) is 23.6. The first-order chi connectivity index (χ1) is 40.5. The lowest BCUT2D eigenvalue weighted by molar-refractivity contribution is -0.389. The van der Waals surface area contributed by atoms with E-state index in [0.717, 1.165) is 5.56 Å². The Morgan fingerprint density at radius 3 is 1.38 bits per heavy atom. The summed E-state index contributed by atoms with van der Waals surface area (Å²) < 4.78 is 80.1. The molecule has 18 heteroatoms. The number of carbonyl (C=O) groups is 4. The van der Waals surface area contributed by atoms with Crippen LogP contribution < -0.4 is 8.85 Å². The molecule has 0 bridgehead atoms. The molecular formula is C67H78O16Si2. The summed E-state index contributed by atoms with van der Waals surface area (Å²) in [5.74, 6) is -1.80. The molecule has 16 nitrogen and oxygen atoms in total. The predicted octanol–water partition coefficient (Wildman–Crippen LogP) is 12.9. The highest BCUT2D eigenvalue weighted by atomic mass is 28.4. The third-order valence-corrected chi connectivity index (χ3v) is 25.1. The predicted molar refractivity (Wildman–Crippen MR) is 322 cm³/mol. The van der Waals surface area contributed by atoms with E-state index in [4.69, 9.17) is 56.2 Å². The molecule has 85 heavy (non-hydrogen) atoms. The summed E-state index contributed by atoms with van der Waals surface area (Å²) in [5.41, 5.74) is 2.31. The second-order valence-electron chi connectivity index (χ2n) is 24.6. The van der Waals surface area contributed by atoms with E-state index in [2.05, 4.69) is 67.7 Å². The number of carbonyl (C=O) groups excluding carboxylic acids is 4. The van der Waals surface area contributed by atoms with E-state index in [-0.39, 0.29) is 45.5 Å². The lowest BCUT2D eigenvalue weighted by atomic mass is 9.95. The third kappa shape index (κ3) is 15.2. The SMILES string of the molecule is C[C@@H]1O[C@@H](O[C@@H]2[C@@H](OC(=O)c3ccccc3)[C@H](OCCc3ccc(O[Si](C)(C)C(C)(C)C)c(O[Si](C)(C)C(C)(C)C)c3)O[C@@H]3CO[C@@H](c4ccccc4)O[C@@H]23)[C@H](OC(=O)c2ccccc2)[C@H](OC(=O)c2ccccc2)[C@H]1OC(=O)c1ccccc1. The molecule has 0 spiro atoms. The maximum Gasteiger partial charge on any atom is 0.338 e. The maximum absolute atomic E-state index is 14.6. The van der Waals surface area contributed by atoms with Gasteiger partial charge in [-0.25, -0.2) is 19.2 Å². The number of hydrogen-bond acceptors (Lipinski definition) is 16. The average molecular weight is 1200 g/mol. The monoisotopic (exact) mass is 1190 g/mol. The molecule has 0 saturated carbocycles. The van der Waals surface area contributed by atoms with Gasteiger partial charge in [-0.15, -0.1) is 0 Å². The van der Waals surface area contributed by atoms with E-state index in [0.29, 0.717) is 23.5 Å². The zero-order valence-corrected chi connectivity index (χ0v) is 52.2. The molecule has 0 aliphatic carbocycles. The minimum atomic E-state index is -2.38. The van der Waals surface area contributed by atoms with E-state index in [1.165, 1.54) is 0 Å². The molecule has 0 aromatic heterocycles. The van der Waals surface area contributed by atoms with Gasteiger partial charge in [0.05, 0.1) is 41.6 Å². The van der Waals surface area contributed by atoms with E-state index in [1.54, 1.807) is 128 Å². The van der Waals surface area contributed by atoms with Crippen molar-refractivity contribution in [2.75, 3.05) is 13.2 Å². The first-order valence-electron chi connectivity index (χ1n) is 28.9. The summed E-state index contributed by atoms with van der Waals surface area (Å²) >= 11 is 0. The van der Waals surface area contributed by atoms with Crippen LogP contribution in [0.25, 0.3) is 0 Å². The zero-order valence-electron chi connectivity index (χ0n) is 50.2. The summed E-state index contributed by atoms with van der Waals surface area (Å²) in [6, 6.07) is 48.4. The fourth-order valence-corrected chi connectivity index (χ4v) is 11.5. The Kier molecular flexibility index (Phi) is 19.7. The molecule has 3 aliphatic heterocycles. The maximum atomic E-state index is 14.6. The normalized spacial score (nSPS) is 24.4. The smallest absolute Gasteiger partial charge is 0.338 e. The van der Waals surface area contributed by atoms with E-state index >= 15 is 0 Å². The molecule has 0 amide bonds. The molecule has 0 N–H and O–H groups in total. The van der Waals surface area contributed by atoms with Crippen LogP contribution in [0.1, 0.15) is 107 Å². The molecule has 6 aromatic carbocycles. The Labute approximate surface area is 500 Å². The molecule has 3 heterocycles. The van der Waals surface area contributed by atoms with Crippen LogP contribution in [0, 0.1) is 0 Å². The van der Waals surface area contributed by atoms with Gasteiger partial charge in [-0.05, 0) is 116 Å². The van der Waals surface area contributed by atoms with E-state index < -0.39 is 108 Å². The van der Waals surface area contributed by atoms with Crippen molar-refractivity contribution in [2.45, 2.75) is 159 Å². The van der Waals surface area contributed by atoms with Crippen molar-refractivity contribution in [1.29, 1.82) is 0 Å². The molecule has 6 aromatic rings. The van der Waals surface area contributed by atoms with Crippen LogP contribution in [0.3, 0.4) is 0 Å². The van der Waals surface area contributed by atoms with Crippen LogP contribution >= 0.6 is 0 Å². The van der Waals surface area contributed by atoms with Crippen molar-refractivity contribution in [2.24, 2.45) is 0 Å². The van der Waals surface area contributed by atoms with Crippen LogP contribution in [-0.4, -0.2) is 115 Å². The topological polar surface area (TPSA) is 179 Å². The Hall–Kier alpha value is -7.01. The van der Waals surface area contributed by atoms with Crippen LogP contribution in [0.4, 0.5) is 0 Å². The van der Waals surface area contributed by atoms with Crippen molar-refractivity contribution < 1.29 is 75.4 Å². The van der Waals surface area contributed by atoms with Crippen LogP contribution in [-0.2, 0) is 53.8 Å². The van der Waals surface area contributed by atoms with E-state index in [1.807, 2.05) is 48.5 Å². The second-order valence-corrected chi connectivity index (χ2v) is 34.0. The van der Waals surface area contributed by atoms with Gasteiger partial charge in [-0.2, -0.15) is 0 Å². The number of ether oxygens (including phenoxy) is 10. The van der Waals surface area contributed by atoms with Gasteiger partial charge in [0.1, 0.15) is 29.8 Å². The van der Waals surface area contributed by atoms with E-state index in [9.17, 15) is 19.2 Å². The largest absolute Gasteiger partial charge is 0.541 e. The van der Waals surface area contributed by atoms with Gasteiger partial charge >= 0.3 is 23.9 Å². The molecular weight excluding hydrogens is 1120 g/mol. The molecule has 0 radical (unpaired) electrons. The number of esters is 4. The van der Waals surface area contributed by atoms with Crippen molar-refractivity contribution in [1.82, 2.24) is 0 Å². The van der Waals surface area contributed by atoms with Gasteiger partial charge in [0.25, 0.3) is 16.6 Å². The molecule has 3 fully saturated rings. The van der Waals surface area contributed by atoms with Crippen molar-refractivity contribution >= 4 is 40.5 Å². The Morgan fingerprint density at radius 2 is 0.906 bits per heavy atom. The number of rotatable bonds is 19. The first kappa shape index (κ1) is 62.5. The highest BCUT2D eigenvalue weighted by molar-refractivity contribution is 6.75. The van der Waals surface area contributed by atoms with Crippen molar-refractivity contribution in [3.63, 3.8) is 0 Å². The molecule has 9 rings (SSSR count). The lowest BCUT2D eigenvalue weighted by Crippen LogP contribution is -2.67. The average Bonchev–Trinajstić information content (AvgIpc) is 2.47. The Balaban J connectivity index is 1.11. The van der Waals surface area contributed by atoms with Crippen LogP contribution in [0.5, 0.6) is 11.5 Å². The highest BCUT2D eigenvalue weighted by Crippen LogP contribution is 2.45. The highest BCUT2D eigenvalue weighted by Gasteiger charge is 2.58. The first-order valence-corrected chi connectivity index (χ1v) is 34.7. The van der Waals surface area contributed by atoms with Gasteiger partial charge in [0, 0.05) is 5.56 Å². The Bertz CT molecular complexity index is 3190. The molecule has 11 atom stereocenters. The fourth-order valence-electron chi connectivity index (χ4n) is 9.48. The quantitative estimate of drug-likeness (QED) is 0.0424. The third-order valence-electron chi connectivity index (χ3n) is 16.4. The molecule has 450 valence electrons. The van der Waals surface area contributed by atoms with Gasteiger partial charge in [0.15, 0.2) is 43.3 Å². The molecule has 3 aliphatic rings. The Morgan fingerprint density at radius 1 is 0.482 bits per heavy atom. The number of fused-ring (bicyclic) bond motifs is 1. The second kappa shape index (κ2) is 26.7. The standard InChI is InChI=1S/C67H78O16Si2/c1-43-53(76-59(68)45-27-17-12-18-28-45)55(77-60(69)46-29-19-13-20-30-46)58(79-62(71)48-33-23-15-24-34-48)65(74-43)81-56-54-52(42-73-63(80-54)49-35-25-16-26-36-49)75-64(57(56)78-61(70)47-31-21-14-22-32-47)72-40-39-44-37-38-50(82-84(8,9)66(2,3)4)51(41-44)83-85(10,11)67(5,6)7/h12-38,41,43,52-58,63-65H,39-40,42H2,1-11H3/t43-,52+,53-,54+,55+,56-,57+,58+,63+,64+,65-/m0/s1. The molecule has 0 unspecified atom stereocenters. The van der Waals surface area contributed by atoms with Gasteiger partial charge < -0.3 is 56.2 Å². The lowest BCUT2D eigenvalue weighted by Gasteiger charge is -2.51. The summed E-state index contributed by atoms with van der Waals surface area (Å²) in [6.07, 6.45) is -14.2. The number of benzene rings is 6. The van der Waals surface area contributed by atoms with Gasteiger partial charge in [-0.3, -0.25) is 0 Å². The summed E-state index contributed by atoms with van der Waals surface area (Å²) in [4.78, 5) is 57.4. The summed E-state index contributed by atoms with van der Waals surface area (Å²) in [7, 11) is -4.68. The fraction of sp³-hybridized carbons (Fsp3) is 0.403. The molecule has 3 saturated heterocycles. The van der Waals surface area contributed by atoms with Gasteiger partial charge in [0.2, 0.25) is 0 Å². The summed E-state index contributed by atoms with van der Waals surface area (Å²) in [5, 5.41) is -0.180. The minimum Gasteiger partial charge on any atom is -0.541 e. The van der Waals surface area contributed by atoms with Crippen molar-refractivity contribution in [3.05, 3.63) is 203 Å². The van der Waals surface area contributed by atoms with Crippen LogP contribution in [0.15, 0.2) is 170 Å². The van der Waals surface area contributed by atoms with Crippen molar-refractivity contribution in [3.8, 4) is 11.5 Å². The van der Waals surface area contributed by atoms with Crippen LogP contribution in [0.2, 0.25) is 36.3 Å². The number of hydrogen-bond donors (Lipinski definition) is 0. The van der Waals surface area contributed by atoms with Gasteiger partial charge in [-0.1, -0.05) is 151 Å².